The van der Waals surface area contributed by atoms with E-state index in [0.717, 1.165) is 0 Å². The van der Waals surface area contributed by atoms with Gasteiger partial charge in [0.25, 0.3) is 5.91 Å². The number of hydrogen-bond donors (Lipinski definition) is 2. The maximum Gasteiger partial charge on any atom is 0.252 e. The zero-order valence-corrected chi connectivity index (χ0v) is 23.7. The van der Waals surface area contributed by atoms with E-state index in [2.05, 4.69) is 26.3 Å². The quantitative estimate of drug-likeness (QED) is 0.285. The second-order valence-electron chi connectivity index (χ2n) is 11.1. The van der Waals surface area contributed by atoms with Gasteiger partial charge in [-0.25, -0.2) is 8.91 Å². The van der Waals surface area contributed by atoms with Crippen molar-refractivity contribution in [1.29, 1.82) is 5.26 Å². The molecule has 0 radical (unpaired) electrons. The minimum atomic E-state index is -1.62. The van der Waals surface area contributed by atoms with Crippen molar-refractivity contribution < 1.29 is 23.4 Å². The lowest BCUT2D eigenvalue weighted by atomic mass is 9.84. The summed E-state index contributed by atoms with van der Waals surface area (Å²) in [5, 5.41) is 32.3. The molecule has 12 nitrogen and oxygen atoms in total. The van der Waals surface area contributed by atoms with E-state index in [-0.39, 0.29) is 30.7 Å². The predicted molar refractivity (Wildman–Crippen MR) is 150 cm³/mol. The van der Waals surface area contributed by atoms with E-state index in [4.69, 9.17) is 14.9 Å². The van der Waals surface area contributed by atoms with Crippen LogP contribution in [0.25, 0.3) is 16.9 Å². The largest absolute Gasteiger partial charge is 0.422 e. The average molecular weight is 577 g/mol. The van der Waals surface area contributed by atoms with Crippen LogP contribution in [0.3, 0.4) is 0 Å². The van der Waals surface area contributed by atoms with Crippen molar-refractivity contribution in [2.45, 2.75) is 69.9 Å². The number of carbonyl (C=O) groups is 1. The number of alkyl halides is 1. The van der Waals surface area contributed by atoms with Gasteiger partial charge in [-0.2, -0.15) is 10.4 Å². The third kappa shape index (κ3) is 5.95. The van der Waals surface area contributed by atoms with Crippen LogP contribution in [0, 0.1) is 11.3 Å². The van der Waals surface area contributed by atoms with Gasteiger partial charge < -0.3 is 24.9 Å². The molecule has 0 saturated heterocycles. The average Bonchev–Trinajstić information content (AvgIpc) is 3.62. The highest BCUT2D eigenvalue weighted by Gasteiger charge is 2.36. The van der Waals surface area contributed by atoms with Crippen molar-refractivity contribution in [1.82, 2.24) is 24.8 Å². The molecule has 4 aromatic rings. The first-order chi connectivity index (χ1) is 20.1. The summed E-state index contributed by atoms with van der Waals surface area (Å²) in [5.74, 6) is 0.294. The number of ether oxygens (including phenoxy) is 1. The van der Waals surface area contributed by atoms with Crippen molar-refractivity contribution in [2.24, 2.45) is 5.73 Å². The first kappa shape index (κ1) is 29.1. The minimum Gasteiger partial charge on any atom is -0.422 e. The molecule has 1 aliphatic carbocycles. The topological polar surface area (TPSA) is 169 Å². The molecule has 1 saturated carbocycles. The summed E-state index contributed by atoms with van der Waals surface area (Å²) in [7, 11) is 1.56. The van der Waals surface area contributed by atoms with Crippen molar-refractivity contribution in [3.63, 3.8) is 0 Å². The van der Waals surface area contributed by atoms with Gasteiger partial charge in [-0.15, -0.1) is 10.2 Å². The van der Waals surface area contributed by atoms with Gasteiger partial charge in [0.2, 0.25) is 11.8 Å². The van der Waals surface area contributed by atoms with Gasteiger partial charge in [0, 0.05) is 25.3 Å². The number of carbonyl (C=O) groups excluding carboxylic acids is 1. The van der Waals surface area contributed by atoms with Gasteiger partial charge >= 0.3 is 0 Å². The number of aromatic nitrogens is 5. The second-order valence-corrected chi connectivity index (χ2v) is 11.1. The number of nitrogens with two attached hydrogens (primary N) is 1. The normalized spacial score (nSPS) is 18.1. The Morgan fingerprint density at radius 1 is 1.29 bits per heavy atom. The lowest BCUT2D eigenvalue weighted by molar-refractivity contribution is -0.000457. The van der Waals surface area contributed by atoms with E-state index in [1.54, 1.807) is 23.8 Å². The zero-order valence-electron chi connectivity index (χ0n) is 23.7. The molecule has 0 spiro atoms. The van der Waals surface area contributed by atoms with E-state index in [1.165, 1.54) is 26.2 Å². The summed E-state index contributed by atoms with van der Waals surface area (Å²) in [4.78, 5) is 18.9. The summed E-state index contributed by atoms with van der Waals surface area (Å²) in [6, 6.07) is 8.94. The molecule has 42 heavy (non-hydrogen) atoms. The molecular formula is C29H33FN8O4. The lowest BCUT2D eigenvalue weighted by Gasteiger charge is -2.40. The first-order valence-electron chi connectivity index (χ1n) is 13.7. The molecule has 5 rings (SSSR count). The number of methoxy groups -OCH3 is 1. The zero-order chi connectivity index (χ0) is 30.0. The second kappa shape index (κ2) is 11.8. The minimum absolute atomic E-state index is 0.0386. The molecule has 1 aliphatic rings. The number of pyridine rings is 1. The molecule has 3 N–H and O–H groups in total. The van der Waals surface area contributed by atoms with Gasteiger partial charge in [0.1, 0.15) is 18.8 Å². The van der Waals surface area contributed by atoms with Gasteiger partial charge in [0.15, 0.2) is 0 Å². The summed E-state index contributed by atoms with van der Waals surface area (Å²) >= 11 is 0. The van der Waals surface area contributed by atoms with Crippen LogP contribution in [0.1, 0.15) is 73.2 Å². The highest BCUT2D eigenvalue weighted by molar-refractivity contribution is 5.99. The van der Waals surface area contributed by atoms with Crippen LogP contribution in [0.5, 0.6) is 0 Å². The standard InChI is InChI=1S/C29H33FN8O4/c1-29(2,40)25(30)15-37(19-6-4-18(5-7-19)28-36-35-26(42-28)16-41-3)24-11-22(33-14-21(24)27(32)39)23-9-8-20-10-17(12-31)13-34-38(20)23/h8-11,13-14,18-19,25,40H,4-7,15-16H2,1-3H3,(H2,32,39)/t18?,19?,25-/m1/s1. The maximum atomic E-state index is 15.5. The summed E-state index contributed by atoms with van der Waals surface area (Å²) in [5.41, 5.74) is 6.96. The Bertz CT molecular complexity index is 1610. The van der Waals surface area contributed by atoms with E-state index in [1.807, 2.05) is 17.0 Å². The fourth-order valence-electron chi connectivity index (χ4n) is 5.35. The molecule has 4 heterocycles. The molecule has 1 amide bonds. The Labute approximate surface area is 241 Å². The summed E-state index contributed by atoms with van der Waals surface area (Å²) < 4.78 is 28.0. The van der Waals surface area contributed by atoms with Crippen LogP contribution < -0.4 is 10.6 Å². The predicted octanol–water partition coefficient (Wildman–Crippen LogP) is 3.54. The van der Waals surface area contributed by atoms with Gasteiger partial charge in [-0.1, -0.05) is 0 Å². The van der Waals surface area contributed by atoms with Crippen molar-refractivity contribution in [3.05, 3.63) is 59.6 Å². The van der Waals surface area contributed by atoms with Gasteiger partial charge in [-0.3, -0.25) is 9.78 Å². The fraction of sp³-hybridized carbons (Fsp3) is 0.448. The number of hydrogen-bond acceptors (Lipinski definition) is 10. The number of rotatable bonds is 10. The number of nitrogens with zero attached hydrogens (tertiary/aromatic N) is 7. The monoisotopic (exact) mass is 576 g/mol. The van der Waals surface area contributed by atoms with Crippen molar-refractivity contribution in [2.75, 3.05) is 18.6 Å². The van der Waals surface area contributed by atoms with Crippen molar-refractivity contribution >= 4 is 17.1 Å². The number of primary amides is 1. The number of fused-ring (bicyclic) bond motifs is 1. The highest BCUT2D eigenvalue weighted by Crippen LogP contribution is 2.38. The highest BCUT2D eigenvalue weighted by atomic mass is 19.1. The number of anilines is 1. The van der Waals surface area contributed by atoms with E-state index in [9.17, 15) is 15.2 Å². The number of amides is 1. The lowest BCUT2D eigenvalue weighted by Crippen LogP contribution is -2.48. The Morgan fingerprint density at radius 3 is 2.71 bits per heavy atom. The smallest absolute Gasteiger partial charge is 0.252 e. The van der Waals surface area contributed by atoms with Crippen LogP contribution in [0.2, 0.25) is 0 Å². The Balaban J connectivity index is 1.50. The molecule has 220 valence electrons. The number of halogens is 1. The first-order valence-corrected chi connectivity index (χ1v) is 13.7. The van der Waals surface area contributed by atoms with Crippen LogP contribution >= 0.6 is 0 Å². The van der Waals surface area contributed by atoms with E-state index < -0.39 is 17.7 Å². The number of nitriles is 1. The van der Waals surface area contributed by atoms with Crippen LogP contribution in [-0.2, 0) is 11.3 Å². The fourth-order valence-corrected chi connectivity index (χ4v) is 5.35. The van der Waals surface area contributed by atoms with Crippen LogP contribution in [-0.4, -0.2) is 67.3 Å². The Morgan fingerprint density at radius 2 is 2.05 bits per heavy atom. The Kier molecular flexibility index (Phi) is 8.20. The third-order valence-electron chi connectivity index (χ3n) is 7.71. The van der Waals surface area contributed by atoms with E-state index >= 15 is 4.39 Å². The molecule has 0 unspecified atom stereocenters. The van der Waals surface area contributed by atoms with Crippen LogP contribution in [0.4, 0.5) is 10.1 Å². The summed E-state index contributed by atoms with van der Waals surface area (Å²) in [6.45, 7) is 2.90. The summed E-state index contributed by atoms with van der Waals surface area (Å²) in [6.07, 6.45) is 3.92. The van der Waals surface area contributed by atoms with Crippen molar-refractivity contribution in [3.8, 4) is 17.5 Å². The van der Waals surface area contributed by atoms with E-state index in [0.29, 0.717) is 65.6 Å². The van der Waals surface area contributed by atoms with Gasteiger partial charge in [-0.05, 0) is 63.8 Å². The molecule has 4 aromatic heterocycles. The maximum absolute atomic E-state index is 15.5. The molecule has 1 atom stereocenters. The molecule has 13 heteroatoms. The molecule has 0 bridgehead atoms. The molecular weight excluding hydrogens is 543 g/mol. The Hall–Kier alpha value is -4.41. The molecule has 0 aromatic carbocycles. The van der Waals surface area contributed by atoms with Gasteiger partial charge in [0.05, 0.1) is 52.1 Å². The third-order valence-corrected chi connectivity index (χ3v) is 7.71. The number of aliphatic hydroxyl groups is 1. The van der Waals surface area contributed by atoms with Crippen LogP contribution in [0.15, 0.2) is 41.1 Å². The molecule has 1 fully saturated rings. The molecule has 0 aliphatic heterocycles. The SMILES string of the molecule is COCc1nnc(C2CCC(N(C[C@@H](F)C(C)(C)O)c3cc(-c4ccc5cc(C#N)cnn45)ncc3C(N)=O)CC2)o1.